The van der Waals surface area contributed by atoms with Crippen molar-refractivity contribution in [1.82, 2.24) is 0 Å². The van der Waals surface area contributed by atoms with Crippen molar-refractivity contribution in [3.63, 3.8) is 0 Å². The Morgan fingerprint density at radius 2 is 2.20 bits per heavy atom. The van der Waals surface area contributed by atoms with Gasteiger partial charge in [-0.2, -0.15) is 0 Å². The first-order valence-corrected chi connectivity index (χ1v) is 5.54. The molecule has 15 heavy (non-hydrogen) atoms. The van der Waals surface area contributed by atoms with Crippen molar-refractivity contribution in [3.8, 4) is 5.75 Å². The van der Waals surface area contributed by atoms with E-state index in [1.54, 1.807) is 18.2 Å². The highest BCUT2D eigenvalue weighted by molar-refractivity contribution is 9.10. The molecule has 0 saturated heterocycles. The molecule has 0 aromatic heterocycles. The zero-order chi connectivity index (χ0) is 10.8. The van der Waals surface area contributed by atoms with Crippen LogP contribution in [-0.4, -0.2) is 19.2 Å². The van der Waals surface area contributed by atoms with Crippen LogP contribution in [0.4, 0.5) is 0 Å². The first kappa shape index (κ1) is 10.5. The lowest BCUT2D eigenvalue weighted by atomic mass is 10.2. The van der Waals surface area contributed by atoms with Crippen molar-refractivity contribution < 1.29 is 14.3 Å². The second-order valence-corrected chi connectivity index (χ2v) is 4.36. The Balaban J connectivity index is 2.29. The van der Waals surface area contributed by atoms with Crippen molar-refractivity contribution >= 4 is 21.9 Å². The minimum Gasteiger partial charge on any atom is -0.489 e. The van der Waals surface area contributed by atoms with Gasteiger partial charge in [0.1, 0.15) is 11.3 Å². The van der Waals surface area contributed by atoms with E-state index in [9.17, 15) is 4.79 Å². The Kier molecular flexibility index (Phi) is 2.95. The van der Waals surface area contributed by atoms with Crippen LogP contribution in [0.5, 0.6) is 5.75 Å². The monoisotopic (exact) mass is 270 g/mol. The van der Waals surface area contributed by atoms with Crippen LogP contribution in [0.1, 0.15) is 23.2 Å². The van der Waals surface area contributed by atoms with E-state index in [2.05, 4.69) is 20.7 Å². The maximum absolute atomic E-state index is 11.4. The third kappa shape index (κ3) is 2.50. The summed E-state index contributed by atoms with van der Waals surface area (Å²) in [5, 5.41) is 0. The standard InChI is InChI=1S/C11H11BrO3/c1-14-11(13)9-5-2-7(12)6-10(9)15-8-3-4-8/h2,5-6,8H,3-4H2,1H3. The van der Waals surface area contributed by atoms with E-state index in [4.69, 9.17) is 4.74 Å². The molecule has 0 atom stereocenters. The van der Waals surface area contributed by atoms with E-state index in [1.165, 1.54) is 7.11 Å². The summed E-state index contributed by atoms with van der Waals surface area (Å²) in [6.45, 7) is 0. The van der Waals surface area contributed by atoms with Crippen molar-refractivity contribution in [2.45, 2.75) is 18.9 Å². The third-order valence-corrected chi connectivity index (χ3v) is 2.66. The molecule has 0 heterocycles. The number of esters is 1. The maximum Gasteiger partial charge on any atom is 0.341 e. The highest BCUT2D eigenvalue weighted by Gasteiger charge is 2.26. The Hall–Kier alpha value is -1.03. The molecule has 0 N–H and O–H groups in total. The van der Waals surface area contributed by atoms with E-state index < -0.39 is 0 Å². The number of methoxy groups -OCH3 is 1. The molecule has 1 aliphatic rings. The highest BCUT2D eigenvalue weighted by Crippen LogP contribution is 2.31. The fraction of sp³-hybridized carbons (Fsp3) is 0.364. The number of ether oxygens (including phenoxy) is 2. The van der Waals surface area contributed by atoms with Gasteiger partial charge in [-0.3, -0.25) is 0 Å². The van der Waals surface area contributed by atoms with Crippen molar-refractivity contribution in [1.29, 1.82) is 0 Å². The number of carbonyl (C=O) groups excluding carboxylic acids is 1. The van der Waals surface area contributed by atoms with Crippen LogP contribution in [0.3, 0.4) is 0 Å². The van der Waals surface area contributed by atoms with E-state index in [-0.39, 0.29) is 12.1 Å². The van der Waals surface area contributed by atoms with Gasteiger partial charge in [0.2, 0.25) is 0 Å². The number of carbonyl (C=O) groups is 1. The number of hydrogen-bond donors (Lipinski definition) is 0. The van der Waals surface area contributed by atoms with Crippen molar-refractivity contribution in [3.05, 3.63) is 28.2 Å². The quantitative estimate of drug-likeness (QED) is 0.793. The average Bonchev–Trinajstić information content (AvgIpc) is 3.01. The Labute approximate surface area is 96.5 Å². The summed E-state index contributed by atoms with van der Waals surface area (Å²) < 4.78 is 11.2. The average molecular weight is 271 g/mol. The first-order chi connectivity index (χ1) is 7.20. The molecular formula is C11H11BrO3. The highest BCUT2D eigenvalue weighted by atomic mass is 79.9. The third-order valence-electron chi connectivity index (χ3n) is 2.17. The molecule has 0 spiro atoms. The summed E-state index contributed by atoms with van der Waals surface area (Å²) in [6.07, 6.45) is 2.39. The molecular weight excluding hydrogens is 260 g/mol. The van der Waals surface area contributed by atoms with Gasteiger partial charge in [0, 0.05) is 4.47 Å². The molecule has 1 aromatic carbocycles. The zero-order valence-corrected chi connectivity index (χ0v) is 9.91. The summed E-state index contributed by atoms with van der Waals surface area (Å²) in [5.74, 6) is 0.233. The predicted octanol–water partition coefficient (Wildman–Crippen LogP) is 2.78. The van der Waals surface area contributed by atoms with Gasteiger partial charge < -0.3 is 9.47 Å². The summed E-state index contributed by atoms with van der Waals surface area (Å²) >= 11 is 3.35. The van der Waals surface area contributed by atoms with Gasteiger partial charge in [-0.1, -0.05) is 15.9 Å². The van der Waals surface area contributed by atoms with Crippen LogP contribution in [0.2, 0.25) is 0 Å². The van der Waals surface area contributed by atoms with E-state index in [0.29, 0.717) is 11.3 Å². The molecule has 0 amide bonds. The lowest BCUT2D eigenvalue weighted by Crippen LogP contribution is -2.06. The summed E-state index contributed by atoms with van der Waals surface area (Å²) in [6, 6.07) is 5.30. The molecule has 1 aliphatic carbocycles. The second kappa shape index (κ2) is 4.23. The van der Waals surface area contributed by atoms with Crippen LogP contribution in [0, 0.1) is 0 Å². The fourth-order valence-corrected chi connectivity index (χ4v) is 1.58. The predicted molar refractivity (Wildman–Crippen MR) is 59.1 cm³/mol. The Morgan fingerprint density at radius 1 is 1.47 bits per heavy atom. The van der Waals surface area contributed by atoms with Crippen molar-refractivity contribution in [2.24, 2.45) is 0 Å². The van der Waals surface area contributed by atoms with Gasteiger partial charge in [0.15, 0.2) is 0 Å². The lowest BCUT2D eigenvalue weighted by Gasteiger charge is -2.09. The number of hydrogen-bond acceptors (Lipinski definition) is 3. The number of halogens is 1. The SMILES string of the molecule is COC(=O)c1ccc(Br)cc1OC1CC1. The zero-order valence-electron chi connectivity index (χ0n) is 8.33. The lowest BCUT2D eigenvalue weighted by molar-refractivity contribution is 0.0595. The topological polar surface area (TPSA) is 35.5 Å². The van der Waals surface area contributed by atoms with E-state index in [1.807, 2.05) is 0 Å². The minimum absolute atomic E-state index is 0.266. The molecule has 1 fully saturated rings. The molecule has 1 aromatic rings. The van der Waals surface area contributed by atoms with Gasteiger partial charge in [0.05, 0.1) is 13.2 Å². The summed E-state index contributed by atoms with van der Waals surface area (Å²) in [7, 11) is 1.37. The Morgan fingerprint density at radius 3 is 2.80 bits per heavy atom. The maximum atomic E-state index is 11.4. The summed E-state index contributed by atoms with van der Waals surface area (Å²) in [5.41, 5.74) is 0.479. The molecule has 0 radical (unpaired) electrons. The van der Waals surface area contributed by atoms with Crippen LogP contribution in [0.15, 0.2) is 22.7 Å². The second-order valence-electron chi connectivity index (χ2n) is 3.45. The smallest absolute Gasteiger partial charge is 0.341 e. The van der Waals surface area contributed by atoms with Gasteiger partial charge in [0.25, 0.3) is 0 Å². The van der Waals surface area contributed by atoms with Crippen molar-refractivity contribution in [2.75, 3.05) is 7.11 Å². The van der Waals surface area contributed by atoms with E-state index in [0.717, 1.165) is 17.3 Å². The van der Waals surface area contributed by atoms with Gasteiger partial charge in [-0.25, -0.2) is 4.79 Å². The molecule has 0 unspecified atom stereocenters. The molecule has 0 aliphatic heterocycles. The van der Waals surface area contributed by atoms with Crippen LogP contribution >= 0.6 is 15.9 Å². The van der Waals surface area contributed by atoms with Crippen LogP contribution in [-0.2, 0) is 4.74 Å². The first-order valence-electron chi connectivity index (χ1n) is 4.75. The molecule has 1 saturated carbocycles. The number of rotatable bonds is 3. The normalized spacial score (nSPS) is 14.8. The fourth-order valence-electron chi connectivity index (χ4n) is 1.24. The molecule has 2 rings (SSSR count). The minimum atomic E-state index is -0.363. The van der Waals surface area contributed by atoms with Crippen LogP contribution < -0.4 is 4.74 Å². The largest absolute Gasteiger partial charge is 0.489 e. The van der Waals surface area contributed by atoms with Gasteiger partial charge in [-0.15, -0.1) is 0 Å². The number of benzene rings is 1. The summed E-state index contributed by atoms with van der Waals surface area (Å²) in [4.78, 5) is 11.4. The van der Waals surface area contributed by atoms with Gasteiger partial charge in [-0.05, 0) is 31.0 Å². The Bertz CT molecular complexity index is 385. The molecule has 80 valence electrons. The van der Waals surface area contributed by atoms with E-state index >= 15 is 0 Å². The van der Waals surface area contributed by atoms with Gasteiger partial charge >= 0.3 is 5.97 Å². The molecule has 4 heteroatoms. The molecule has 0 bridgehead atoms. The van der Waals surface area contributed by atoms with Crippen LogP contribution in [0.25, 0.3) is 0 Å². The molecule has 3 nitrogen and oxygen atoms in total.